The molecule has 9 nitrogen and oxygen atoms in total. The fourth-order valence-electron chi connectivity index (χ4n) is 5.41. The van der Waals surface area contributed by atoms with Gasteiger partial charge in [0.25, 0.3) is 0 Å². The van der Waals surface area contributed by atoms with E-state index in [0.717, 1.165) is 18.4 Å². The predicted molar refractivity (Wildman–Crippen MR) is 154 cm³/mol. The SMILES string of the molecule is C=CCCCCC(=O)N(Cc1ccc(Cl)cc1)C1C=C(C(=O)NCCO)C2c3cc(C=O)cc(OC)c3OC2C1O. The zero-order chi connectivity index (χ0) is 29.5. The second kappa shape index (κ2) is 13.8. The number of allylic oxidation sites excluding steroid dienone is 1. The highest BCUT2D eigenvalue weighted by atomic mass is 35.5. The van der Waals surface area contributed by atoms with Crippen LogP contribution in [0.3, 0.4) is 0 Å². The van der Waals surface area contributed by atoms with Crippen LogP contribution in [0.1, 0.15) is 53.1 Å². The minimum atomic E-state index is -1.21. The normalized spacial score (nSPS) is 20.6. The molecule has 2 aromatic carbocycles. The van der Waals surface area contributed by atoms with Crippen LogP contribution in [0, 0.1) is 0 Å². The predicted octanol–water partition coefficient (Wildman–Crippen LogP) is 3.56. The standard InChI is InChI=1S/C31H35ClN2O7/c1-3-4-5-6-7-26(37)34(17-19-8-10-21(32)11-9-19)24-16-23(31(39)33-12-13-35)27-22-14-20(18-36)15-25(40-2)29(22)41-30(27)28(24)38/h3,8-11,14-16,18,24,27-28,30,35,38H,1,4-7,12-13,17H2,2H3,(H,33,39). The van der Waals surface area contributed by atoms with E-state index in [1.165, 1.54) is 13.2 Å². The van der Waals surface area contributed by atoms with Gasteiger partial charge in [-0.3, -0.25) is 14.4 Å². The molecule has 1 heterocycles. The lowest BCUT2D eigenvalue weighted by Gasteiger charge is -2.41. The molecule has 4 atom stereocenters. The summed E-state index contributed by atoms with van der Waals surface area (Å²) in [6, 6.07) is 9.32. The molecule has 10 heteroatoms. The van der Waals surface area contributed by atoms with E-state index in [-0.39, 0.29) is 37.6 Å². The van der Waals surface area contributed by atoms with Gasteiger partial charge in [0, 0.05) is 41.2 Å². The maximum absolute atomic E-state index is 13.7. The third-order valence-corrected chi connectivity index (χ3v) is 7.66. The number of carbonyl (C=O) groups excluding carboxylic acids is 3. The van der Waals surface area contributed by atoms with Crippen LogP contribution in [0.5, 0.6) is 11.5 Å². The number of nitrogens with one attached hydrogen (secondary N) is 1. The Bertz CT molecular complexity index is 1310. The number of rotatable bonds is 13. The summed E-state index contributed by atoms with van der Waals surface area (Å²) in [7, 11) is 1.44. The molecule has 1 aliphatic carbocycles. The molecule has 0 fully saturated rings. The first-order valence-electron chi connectivity index (χ1n) is 13.6. The molecular weight excluding hydrogens is 548 g/mol. The molecule has 2 amide bonds. The van der Waals surface area contributed by atoms with E-state index in [9.17, 15) is 24.6 Å². The summed E-state index contributed by atoms with van der Waals surface area (Å²) in [5.41, 5.74) is 1.92. The first-order valence-corrected chi connectivity index (χ1v) is 14.0. The molecule has 0 aromatic heterocycles. The Balaban J connectivity index is 1.77. The van der Waals surface area contributed by atoms with Crippen molar-refractivity contribution in [2.75, 3.05) is 20.3 Å². The molecule has 3 N–H and O–H groups in total. The van der Waals surface area contributed by atoms with Crippen LogP contribution in [0.15, 0.2) is 60.7 Å². The highest BCUT2D eigenvalue weighted by molar-refractivity contribution is 6.30. The summed E-state index contributed by atoms with van der Waals surface area (Å²) in [6.45, 7) is 3.66. The van der Waals surface area contributed by atoms with Crippen LogP contribution >= 0.6 is 11.6 Å². The van der Waals surface area contributed by atoms with Crippen LogP contribution in [0.4, 0.5) is 0 Å². The summed E-state index contributed by atoms with van der Waals surface area (Å²) in [5.74, 6) is -0.761. The molecule has 0 radical (unpaired) electrons. The number of aldehydes is 1. The van der Waals surface area contributed by atoms with Crippen molar-refractivity contribution < 1.29 is 34.1 Å². The summed E-state index contributed by atoms with van der Waals surface area (Å²) in [5, 5.41) is 24.3. The van der Waals surface area contributed by atoms with Crippen molar-refractivity contribution in [2.45, 2.75) is 56.4 Å². The fraction of sp³-hybridized carbons (Fsp3) is 0.387. The number of aliphatic hydroxyl groups is 2. The minimum absolute atomic E-state index is 0.0168. The number of aliphatic hydroxyl groups excluding tert-OH is 2. The van der Waals surface area contributed by atoms with Crippen molar-refractivity contribution >= 4 is 29.7 Å². The van der Waals surface area contributed by atoms with Crippen LogP contribution < -0.4 is 14.8 Å². The van der Waals surface area contributed by atoms with Gasteiger partial charge >= 0.3 is 0 Å². The summed E-state index contributed by atoms with van der Waals surface area (Å²) in [6.07, 6.45) is 4.40. The van der Waals surface area contributed by atoms with Crippen LogP contribution in [-0.2, 0) is 16.1 Å². The van der Waals surface area contributed by atoms with E-state index in [1.54, 1.807) is 35.3 Å². The zero-order valence-corrected chi connectivity index (χ0v) is 23.7. The Morgan fingerprint density at radius 1 is 1.22 bits per heavy atom. The highest BCUT2D eigenvalue weighted by Crippen LogP contribution is 2.51. The number of fused-ring (bicyclic) bond motifs is 3. The summed E-state index contributed by atoms with van der Waals surface area (Å²) >= 11 is 6.08. The number of ether oxygens (including phenoxy) is 2. The minimum Gasteiger partial charge on any atom is -0.493 e. The average Bonchev–Trinajstić information content (AvgIpc) is 3.37. The van der Waals surface area contributed by atoms with E-state index in [4.69, 9.17) is 21.1 Å². The van der Waals surface area contributed by atoms with Gasteiger partial charge in [0.2, 0.25) is 11.8 Å². The summed E-state index contributed by atoms with van der Waals surface area (Å²) < 4.78 is 11.7. The Kier molecular flexibility index (Phi) is 10.2. The number of hydrogen-bond donors (Lipinski definition) is 3. The van der Waals surface area contributed by atoms with Gasteiger partial charge in [0.05, 0.1) is 25.7 Å². The first-order chi connectivity index (χ1) is 19.8. The van der Waals surface area contributed by atoms with Gasteiger partial charge in [-0.15, -0.1) is 6.58 Å². The topological polar surface area (TPSA) is 125 Å². The van der Waals surface area contributed by atoms with Gasteiger partial charge in [0.1, 0.15) is 18.5 Å². The summed E-state index contributed by atoms with van der Waals surface area (Å²) in [4.78, 5) is 40.3. The number of hydrogen-bond acceptors (Lipinski definition) is 7. The molecule has 41 heavy (non-hydrogen) atoms. The van der Waals surface area contributed by atoms with Crippen molar-refractivity contribution in [3.05, 3.63) is 82.4 Å². The third kappa shape index (κ3) is 6.64. The smallest absolute Gasteiger partial charge is 0.247 e. The highest BCUT2D eigenvalue weighted by Gasteiger charge is 2.51. The number of unbranched alkanes of at least 4 members (excludes halogenated alkanes) is 2. The number of nitrogens with zero attached hydrogens (tertiary/aromatic N) is 1. The molecule has 1 aliphatic heterocycles. The van der Waals surface area contributed by atoms with Crippen molar-refractivity contribution in [3.8, 4) is 11.5 Å². The van der Waals surface area contributed by atoms with Gasteiger partial charge < -0.3 is 29.9 Å². The van der Waals surface area contributed by atoms with E-state index in [1.807, 2.05) is 12.1 Å². The van der Waals surface area contributed by atoms with Gasteiger partial charge in [-0.1, -0.05) is 29.8 Å². The molecule has 4 rings (SSSR count). The Morgan fingerprint density at radius 2 is 1.98 bits per heavy atom. The molecular formula is C31H35ClN2O7. The molecule has 0 bridgehead atoms. The largest absolute Gasteiger partial charge is 0.493 e. The molecule has 218 valence electrons. The van der Waals surface area contributed by atoms with Crippen molar-refractivity contribution in [2.24, 2.45) is 0 Å². The lowest BCUT2D eigenvalue weighted by molar-refractivity contribution is -0.138. The van der Waals surface area contributed by atoms with E-state index < -0.39 is 30.1 Å². The van der Waals surface area contributed by atoms with Gasteiger partial charge in [0.15, 0.2) is 11.5 Å². The zero-order valence-electron chi connectivity index (χ0n) is 22.9. The number of benzene rings is 2. The van der Waals surface area contributed by atoms with Gasteiger partial charge in [-0.05, 0) is 55.2 Å². The number of halogens is 1. The van der Waals surface area contributed by atoms with Crippen LogP contribution in [-0.4, -0.2) is 71.7 Å². The fourth-order valence-corrected chi connectivity index (χ4v) is 5.54. The second-order valence-corrected chi connectivity index (χ2v) is 10.5. The molecule has 2 aromatic rings. The Hall–Kier alpha value is -3.66. The number of methoxy groups -OCH3 is 1. The third-order valence-electron chi connectivity index (χ3n) is 7.41. The maximum Gasteiger partial charge on any atom is 0.247 e. The Labute approximate surface area is 244 Å². The van der Waals surface area contributed by atoms with Crippen molar-refractivity contribution in [1.82, 2.24) is 10.2 Å². The molecule has 0 saturated heterocycles. The van der Waals surface area contributed by atoms with E-state index in [2.05, 4.69) is 11.9 Å². The van der Waals surface area contributed by atoms with E-state index in [0.29, 0.717) is 40.4 Å². The first kappa shape index (κ1) is 30.3. The average molecular weight is 583 g/mol. The quantitative estimate of drug-likeness (QED) is 0.187. The monoisotopic (exact) mass is 582 g/mol. The van der Waals surface area contributed by atoms with Gasteiger partial charge in [-0.25, -0.2) is 0 Å². The lowest BCUT2D eigenvalue weighted by Crippen LogP contribution is -2.55. The van der Waals surface area contributed by atoms with Gasteiger partial charge in [-0.2, -0.15) is 0 Å². The lowest BCUT2D eigenvalue weighted by atomic mass is 9.77. The molecule has 0 spiro atoms. The number of carbonyl (C=O) groups is 3. The van der Waals surface area contributed by atoms with Crippen LogP contribution in [0.2, 0.25) is 5.02 Å². The molecule has 2 aliphatic rings. The van der Waals surface area contributed by atoms with Crippen molar-refractivity contribution in [3.63, 3.8) is 0 Å². The van der Waals surface area contributed by atoms with Crippen molar-refractivity contribution in [1.29, 1.82) is 0 Å². The second-order valence-electron chi connectivity index (χ2n) is 10.1. The van der Waals surface area contributed by atoms with E-state index >= 15 is 0 Å². The Morgan fingerprint density at radius 3 is 2.63 bits per heavy atom. The number of amides is 2. The molecule has 4 unspecified atom stereocenters. The molecule has 0 saturated carbocycles. The van der Waals surface area contributed by atoms with Crippen LogP contribution in [0.25, 0.3) is 0 Å². The maximum atomic E-state index is 13.7.